The van der Waals surface area contributed by atoms with Gasteiger partial charge in [0.05, 0.1) is 13.2 Å². The number of aliphatic hydroxyl groups is 2. The lowest BCUT2D eigenvalue weighted by Gasteiger charge is -2.26. The van der Waals surface area contributed by atoms with Gasteiger partial charge in [-0.05, 0) is 41.9 Å². The van der Waals surface area contributed by atoms with Crippen molar-refractivity contribution in [1.82, 2.24) is 0 Å². The molecule has 1 rings (SSSR count). The second kappa shape index (κ2) is 6.58. The number of hydrogen-bond acceptors (Lipinski definition) is 3. The maximum absolute atomic E-state index is 11.3. The molecule has 0 aliphatic carbocycles. The van der Waals surface area contributed by atoms with E-state index in [-0.39, 0.29) is 11.8 Å². The molecule has 0 fully saturated rings. The van der Waals surface area contributed by atoms with Crippen LogP contribution in [0.2, 0.25) is 0 Å². The molecule has 0 aliphatic rings. The van der Waals surface area contributed by atoms with Crippen molar-refractivity contribution < 1.29 is 20.1 Å². The highest BCUT2D eigenvalue weighted by Crippen LogP contribution is 2.29. The van der Waals surface area contributed by atoms with E-state index in [4.69, 9.17) is 0 Å². The molecule has 3 N–H and O–H groups in total. The molecule has 0 aliphatic heterocycles. The van der Waals surface area contributed by atoms with Crippen LogP contribution in [-0.4, -0.2) is 34.5 Å². The van der Waals surface area contributed by atoms with Crippen LogP contribution >= 0.6 is 0 Å². The number of aryl methyl sites for hydroxylation is 2. The zero-order chi connectivity index (χ0) is 16.3. The Kier molecular flexibility index (Phi) is 5.54. The lowest BCUT2D eigenvalue weighted by Crippen LogP contribution is -2.39. The van der Waals surface area contributed by atoms with Gasteiger partial charge in [-0.3, -0.25) is 4.79 Å². The van der Waals surface area contributed by atoms with Gasteiger partial charge in [0, 0.05) is 0 Å². The first-order valence-electron chi connectivity index (χ1n) is 7.21. The van der Waals surface area contributed by atoms with Gasteiger partial charge >= 0.3 is 5.97 Å². The summed E-state index contributed by atoms with van der Waals surface area (Å²) < 4.78 is 0. The minimum absolute atomic E-state index is 0.0257. The summed E-state index contributed by atoms with van der Waals surface area (Å²) in [5, 5.41) is 27.8. The van der Waals surface area contributed by atoms with E-state index in [1.165, 1.54) is 11.1 Å². The van der Waals surface area contributed by atoms with Crippen molar-refractivity contribution in [3.05, 3.63) is 34.9 Å². The van der Waals surface area contributed by atoms with Crippen molar-refractivity contribution in [1.29, 1.82) is 0 Å². The zero-order valence-corrected chi connectivity index (χ0v) is 13.3. The normalized spacial score (nSPS) is 12.5. The zero-order valence-electron chi connectivity index (χ0n) is 13.3. The quantitative estimate of drug-likeness (QED) is 0.752. The van der Waals surface area contributed by atoms with Crippen molar-refractivity contribution >= 4 is 5.97 Å². The summed E-state index contributed by atoms with van der Waals surface area (Å²) in [5.41, 5.74) is 2.03. The molecule has 0 spiro atoms. The molecule has 0 unspecified atom stereocenters. The summed E-state index contributed by atoms with van der Waals surface area (Å²) >= 11 is 0. The molecule has 0 amide bonds. The Labute approximate surface area is 126 Å². The van der Waals surface area contributed by atoms with Gasteiger partial charge in [-0.2, -0.15) is 0 Å². The fraction of sp³-hybridized carbons (Fsp3) is 0.588. The van der Waals surface area contributed by atoms with E-state index in [9.17, 15) is 20.1 Å². The first kappa shape index (κ1) is 17.7. The molecule has 1 aromatic carbocycles. The van der Waals surface area contributed by atoms with Crippen LogP contribution in [0.5, 0.6) is 0 Å². The Bertz CT molecular complexity index is 496. The van der Waals surface area contributed by atoms with Crippen molar-refractivity contribution in [3.63, 3.8) is 0 Å². The number of rotatable bonds is 6. The van der Waals surface area contributed by atoms with Crippen molar-refractivity contribution in [2.75, 3.05) is 13.2 Å². The molecular formula is C17H26O4. The van der Waals surface area contributed by atoms with E-state index in [2.05, 4.69) is 33.8 Å². The van der Waals surface area contributed by atoms with E-state index in [1.807, 2.05) is 12.1 Å². The second-order valence-corrected chi connectivity index (χ2v) is 6.80. The Morgan fingerprint density at radius 2 is 1.71 bits per heavy atom. The number of benzene rings is 1. The lowest BCUT2D eigenvalue weighted by atomic mass is 9.80. The summed E-state index contributed by atoms with van der Waals surface area (Å²) in [6, 6.07) is 6.11. The maximum Gasteiger partial charge on any atom is 0.314 e. The van der Waals surface area contributed by atoms with Crippen LogP contribution in [0.3, 0.4) is 0 Å². The summed E-state index contributed by atoms with van der Waals surface area (Å²) in [6.45, 7) is 7.37. The third-order valence-corrected chi connectivity index (χ3v) is 4.06. The average Bonchev–Trinajstić information content (AvgIpc) is 2.40. The van der Waals surface area contributed by atoms with Crippen LogP contribution in [0, 0.1) is 12.3 Å². The summed E-state index contributed by atoms with van der Waals surface area (Å²) in [4.78, 5) is 11.3. The summed E-state index contributed by atoms with van der Waals surface area (Å²) in [5.74, 6) is -1.16. The third kappa shape index (κ3) is 4.05. The Balaban J connectivity index is 2.97. The smallest absolute Gasteiger partial charge is 0.314 e. The summed E-state index contributed by atoms with van der Waals surface area (Å²) in [7, 11) is 0. The van der Waals surface area contributed by atoms with E-state index < -0.39 is 24.6 Å². The number of hydrogen-bond donors (Lipinski definition) is 3. The standard InChI is InChI=1S/C17H26O4/c1-12-5-6-13(9-14(12)16(2,3)4)7-8-17(10-18,11-19)15(20)21/h5-6,9,18-19H,7-8,10-11H2,1-4H3,(H,20,21). The van der Waals surface area contributed by atoms with Gasteiger partial charge in [0.1, 0.15) is 5.41 Å². The molecule has 4 nitrogen and oxygen atoms in total. The molecule has 0 saturated carbocycles. The number of carboxylic acid groups (broad SMARTS) is 1. The van der Waals surface area contributed by atoms with E-state index in [0.717, 1.165) is 5.56 Å². The number of aliphatic carboxylic acids is 1. The van der Waals surface area contributed by atoms with Crippen molar-refractivity contribution in [2.45, 2.75) is 46.0 Å². The molecule has 0 atom stereocenters. The monoisotopic (exact) mass is 294 g/mol. The molecule has 1 aromatic rings. The minimum Gasteiger partial charge on any atom is -0.481 e. The van der Waals surface area contributed by atoms with Gasteiger partial charge in [-0.15, -0.1) is 0 Å². The highest BCUT2D eigenvalue weighted by atomic mass is 16.4. The van der Waals surface area contributed by atoms with Gasteiger partial charge in [0.15, 0.2) is 0 Å². The van der Waals surface area contributed by atoms with Crippen LogP contribution in [0.1, 0.15) is 43.9 Å². The van der Waals surface area contributed by atoms with E-state index in [0.29, 0.717) is 6.42 Å². The SMILES string of the molecule is Cc1ccc(CCC(CO)(CO)C(=O)O)cc1C(C)(C)C. The van der Waals surface area contributed by atoms with Crippen LogP contribution in [0.15, 0.2) is 18.2 Å². The van der Waals surface area contributed by atoms with Crippen LogP contribution in [-0.2, 0) is 16.6 Å². The van der Waals surface area contributed by atoms with Crippen LogP contribution in [0.25, 0.3) is 0 Å². The molecule has 0 heterocycles. The molecular weight excluding hydrogens is 268 g/mol. The Hall–Kier alpha value is -1.39. The molecule has 0 radical (unpaired) electrons. The number of carbonyl (C=O) groups is 1. The number of aliphatic hydroxyl groups excluding tert-OH is 2. The predicted molar refractivity (Wildman–Crippen MR) is 82.4 cm³/mol. The third-order valence-electron chi connectivity index (χ3n) is 4.06. The Morgan fingerprint density at radius 1 is 1.14 bits per heavy atom. The average molecular weight is 294 g/mol. The van der Waals surface area contributed by atoms with Gasteiger partial charge < -0.3 is 15.3 Å². The largest absolute Gasteiger partial charge is 0.481 e. The molecule has 118 valence electrons. The van der Waals surface area contributed by atoms with Gasteiger partial charge in [-0.1, -0.05) is 39.0 Å². The molecule has 21 heavy (non-hydrogen) atoms. The van der Waals surface area contributed by atoms with Gasteiger partial charge in [0.25, 0.3) is 0 Å². The van der Waals surface area contributed by atoms with E-state index >= 15 is 0 Å². The fourth-order valence-corrected chi connectivity index (χ4v) is 2.47. The predicted octanol–water partition coefficient (Wildman–Crippen LogP) is 2.28. The molecule has 4 heteroatoms. The highest BCUT2D eigenvalue weighted by molar-refractivity contribution is 5.75. The van der Waals surface area contributed by atoms with Gasteiger partial charge in [0.2, 0.25) is 0 Å². The number of carboxylic acids is 1. The van der Waals surface area contributed by atoms with E-state index in [1.54, 1.807) is 0 Å². The van der Waals surface area contributed by atoms with Crippen LogP contribution in [0.4, 0.5) is 0 Å². The van der Waals surface area contributed by atoms with Crippen molar-refractivity contribution in [3.8, 4) is 0 Å². The first-order valence-corrected chi connectivity index (χ1v) is 7.21. The highest BCUT2D eigenvalue weighted by Gasteiger charge is 2.37. The Morgan fingerprint density at radius 3 is 2.14 bits per heavy atom. The summed E-state index contributed by atoms with van der Waals surface area (Å²) in [6.07, 6.45) is 0.721. The second-order valence-electron chi connectivity index (χ2n) is 6.80. The van der Waals surface area contributed by atoms with Gasteiger partial charge in [-0.25, -0.2) is 0 Å². The molecule has 0 aromatic heterocycles. The molecule has 0 saturated heterocycles. The van der Waals surface area contributed by atoms with Crippen LogP contribution < -0.4 is 0 Å². The fourth-order valence-electron chi connectivity index (χ4n) is 2.47. The first-order chi connectivity index (χ1) is 9.66. The minimum atomic E-state index is -1.47. The van der Waals surface area contributed by atoms with Crippen molar-refractivity contribution in [2.24, 2.45) is 5.41 Å². The maximum atomic E-state index is 11.3. The topological polar surface area (TPSA) is 77.8 Å². The molecule has 0 bridgehead atoms. The lowest BCUT2D eigenvalue weighted by molar-refractivity contribution is -0.155.